The van der Waals surface area contributed by atoms with Crippen molar-refractivity contribution in [1.82, 2.24) is 4.72 Å². The molecule has 0 fully saturated rings. The fourth-order valence-corrected chi connectivity index (χ4v) is 3.92. The number of amides is 1. The topological polar surface area (TPSA) is 87.6 Å². The molecular formula is C19H21N3O3S. The first-order valence-electron chi connectivity index (χ1n) is 8.39. The van der Waals surface area contributed by atoms with Gasteiger partial charge in [0.2, 0.25) is 5.91 Å². The average Bonchev–Trinajstić information content (AvgIpc) is 2.86. The van der Waals surface area contributed by atoms with Gasteiger partial charge in [-0.1, -0.05) is 38.1 Å². The first-order chi connectivity index (χ1) is 12.3. The van der Waals surface area contributed by atoms with Gasteiger partial charge in [-0.2, -0.15) is 0 Å². The van der Waals surface area contributed by atoms with E-state index in [1.165, 1.54) is 11.6 Å². The molecule has 2 aromatic carbocycles. The quantitative estimate of drug-likeness (QED) is 0.866. The van der Waals surface area contributed by atoms with Gasteiger partial charge in [-0.05, 0) is 42.7 Å². The van der Waals surface area contributed by atoms with E-state index in [1.54, 1.807) is 25.1 Å². The summed E-state index contributed by atoms with van der Waals surface area (Å²) < 4.78 is 26.6. The number of nitrogens with zero attached hydrogens (tertiary/aromatic N) is 1. The second-order valence-electron chi connectivity index (χ2n) is 6.52. The summed E-state index contributed by atoms with van der Waals surface area (Å²) in [7, 11) is -3.61. The molecule has 0 aliphatic carbocycles. The molecule has 1 aliphatic heterocycles. The summed E-state index contributed by atoms with van der Waals surface area (Å²) in [6, 6.07) is 13.5. The van der Waals surface area contributed by atoms with Gasteiger partial charge in [0.25, 0.3) is 10.0 Å². The number of nitrogens with one attached hydrogen (secondary N) is 2. The van der Waals surface area contributed by atoms with Gasteiger partial charge in [0.1, 0.15) is 11.9 Å². The fourth-order valence-electron chi connectivity index (χ4n) is 2.68. The molecule has 1 amide bonds. The van der Waals surface area contributed by atoms with E-state index in [9.17, 15) is 13.2 Å². The van der Waals surface area contributed by atoms with Gasteiger partial charge in [-0.3, -0.25) is 14.5 Å². The number of amidine groups is 1. The molecule has 3 rings (SSSR count). The standard InChI is InChI=1S/C19H21N3O3S/c1-12(2)14-8-10-15(11-9-14)21-19(23)13(3)20-18-16-6-4-5-7-17(16)26(24,25)22-18/h4-13H,1-3H3,(H,20,22)(H,21,23)/t13-/m0/s1. The molecule has 1 atom stereocenters. The van der Waals surface area contributed by atoms with E-state index in [0.717, 1.165) is 0 Å². The number of carbonyl (C=O) groups is 1. The molecule has 0 unspecified atom stereocenters. The number of anilines is 1. The third-order valence-corrected chi connectivity index (χ3v) is 5.61. The zero-order valence-electron chi connectivity index (χ0n) is 14.9. The summed E-state index contributed by atoms with van der Waals surface area (Å²) >= 11 is 0. The van der Waals surface area contributed by atoms with Crippen LogP contribution in [0.25, 0.3) is 0 Å². The molecule has 7 heteroatoms. The Bertz CT molecular complexity index is 964. The zero-order chi connectivity index (χ0) is 18.9. The van der Waals surface area contributed by atoms with Crippen LogP contribution >= 0.6 is 0 Å². The van der Waals surface area contributed by atoms with Gasteiger partial charge >= 0.3 is 0 Å². The number of hydrogen-bond donors (Lipinski definition) is 2. The summed E-state index contributed by atoms with van der Waals surface area (Å²) in [6.07, 6.45) is 0. The summed E-state index contributed by atoms with van der Waals surface area (Å²) in [5, 5.41) is 2.80. The van der Waals surface area contributed by atoms with Gasteiger partial charge < -0.3 is 5.32 Å². The Hall–Kier alpha value is -2.67. The zero-order valence-corrected chi connectivity index (χ0v) is 15.7. The third-order valence-electron chi connectivity index (χ3n) is 4.21. The van der Waals surface area contributed by atoms with Crippen LogP contribution in [-0.2, 0) is 14.8 Å². The van der Waals surface area contributed by atoms with Crippen LogP contribution in [0.3, 0.4) is 0 Å². The number of sulfonamides is 1. The van der Waals surface area contributed by atoms with Crippen molar-refractivity contribution in [2.75, 3.05) is 5.32 Å². The predicted molar refractivity (Wildman–Crippen MR) is 102 cm³/mol. The molecule has 1 heterocycles. The largest absolute Gasteiger partial charge is 0.324 e. The van der Waals surface area contributed by atoms with Crippen LogP contribution in [0.15, 0.2) is 58.4 Å². The minimum Gasteiger partial charge on any atom is -0.324 e. The lowest BCUT2D eigenvalue weighted by atomic mass is 10.0. The maximum Gasteiger partial charge on any atom is 0.263 e. The monoisotopic (exact) mass is 371 g/mol. The predicted octanol–water partition coefficient (Wildman–Crippen LogP) is 2.88. The van der Waals surface area contributed by atoms with E-state index in [0.29, 0.717) is 17.2 Å². The Morgan fingerprint density at radius 3 is 2.35 bits per heavy atom. The van der Waals surface area contributed by atoms with Gasteiger partial charge in [0, 0.05) is 11.3 Å². The van der Waals surface area contributed by atoms with Crippen molar-refractivity contribution in [2.24, 2.45) is 4.99 Å². The molecule has 26 heavy (non-hydrogen) atoms. The molecule has 0 saturated carbocycles. The second kappa shape index (κ2) is 6.92. The Balaban J connectivity index is 1.76. The molecule has 0 spiro atoms. The molecular weight excluding hydrogens is 350 g/mol. The second-order valence-corrected chi connectivity index (χ2v) is 8.17. The normalized spacial score (nSPS) is 17.6. The first-order valence-corrected chi connectivity index (χ1v) is 9.87. The lowest BCUT2D eigenvalue weighted by Crippen LogP contribution is -2.28. The lowest BCUT2D eigenvalue weighted by Gasteiger charge is -2.11. The summed E-state index contributed by atoms with van der Waals surface area (Å²) in [4.78, 5) is 16.8. The minimum absolute atomic E-state index is 0.177. The van der Waals surface area contributed by atoms with E-state index in [-0.39, 0.29) is 16.6 Å². The maximum atomic E-state index is 12.4. The summed E-state index contributed by atoms with van der Waals surface area (Å²) in [6.45, 7) is 5.83. The van der Waals surface area contributed by atoms with E-state index < -0.39 is 16.1 Å². The molecule has 6 nitrogen and oxygen atoms in total. The number of aliphatic imine (C=N–C) groups is 1. The van der Waals surface area contributed by atoms with Crippen LogP contribution in [0, 0.1) is 0 Å². The Labute approximate surface area is 153 Å². The molecule has 0 saturated heterocycles. The fraction of sp³-hybridized carbons (Fsp3) is 0.263. The van der Waals surface area contributed by atoms with Crippen molar-refractivity contribution in [3.63, 3.8) is 0 Å². The smallest absolute Gasteiger partial charge is 0.263 e. The molecule has 0 aromatic heterocycles. The Kier molecular flexibility index (Phi) is 4.82. The Morgan fingerprint density at radius 2 is 1.69 bits per heavy atom. The van der Waals surface area contributed by atoms with Crippen LogP contribution in [0.5, 0.6) is 0 Å². The van der Waals surface area contributed by atoms with Crippen molar-refractivity contribution in [3.8, 4) is 0 Å². The lowest BCUT2D eigenvalue weighted by molar-refractivity contribution is -0.117. The maximum absolute atomic E-state index is 12.4. The van der Waals surface area contributed by atoms with Crippen molar-refractivity contribution in [2.45, 2.75) is 37.6 Å². The van der Waals surface area contributed by atoms with Gasteiger partial charge in [-0.25, -0.2) is 8.42 Å². The van der Waals surface area contributed by atoms with Crippen LogP contribution in [0.1, 0.15) is 37.8 Å². The molecule has 136 valence electrons. The SMILES string of the molecule is CC(C)c1ccc(NC(=O)[C@H](C)N=C2NS(=O)(=O)c3ccccc32)cc1. The number of benzene rings is 2. The van der Waals surface area contributed by atoms with Crippen LogP contribution in [-0.4, -0.2) is 26.2 Å². The van der Waals surface area contributed by atoms with E-state index in [2.05, 4.69) is 28.9 Å². The number of carbonyl (C=O) groups excluding carboxylic acids is 1. The van der Waals surface area contributed by atoms with Crippen LogP contribution in [0.4, 0.5) is 5.69 Å². The van der Waals surface area contributed by atoms with E-state index in [1.807, 2.05) is 24.3 Å². The highest BCUT2D eigenvalue weighted by atomic mass is 32.2. The molecule has 0 bridgehead atoms. The van der Waals surface area contributed by atoms with Gasteiger partial charge in [0.15, 0.2) is 0 Å². The molecule has 2 aromatic rings. The highest BCUT2D eigenvalue weighted by molar-refractivity contribution is 7.90. The molecule has 2 N–H and O–H groups in total. The van der Waals surface area contributed by atoms with Gasteiger partial charge in [-0.15, -0.1) is 0 Å². The highest BCUT2D eigenvalue weighted by Crippen LogP contribution is 2.23. The van der Waals surface area contributed by atoms with Crippen molar-refractivity contribution >= 4 is 27.5 Å². The van der Waals surface area contributed by atoms with Crippen molar-refractivity contribution in [1.29, 1.82) is 0 Å². The third kappa shape index (κ3) is 3.62. The van der Waals surface area contributed by atoms with Crippen molar-refractivity contribution < 1.29 is 13.2 Å². The summed E-state index contributed by atoms with van der Waals surface area (Å²) in [5.41, 5.74) is 2.35. The van der Waals surface area contributed by atoms with E-state index in [4.69, 9.17) is 0 Å². The van der Waals surface area contributed by atoms with Gasteiger partial charge in [0.05, 0.1) is 4.90 Å². The van der Waals surface area contributed by atoms with Crippen LogP contribution < -0.4 is 10.0 Å². The number of fused-ring (bicyclic) bond motifs is 1. The first kappa shape index (κ1) is 18.1. The molecule has 0 radical (unpaired) electrons. The summed E-state index contributed by atoms with van der Waals surface area (Å²) in [5.74, 6) is 0.303. The minimum atomic E-state index is -3.61. The number of rotatable bonds is 4. The highest BCUT2D eigenvalue weighted by Gasteiger charge is 2.31. The van der Waals surface area contributed by atoms with Crippen LogP contribution in [0.2, 0.25) is 0 Å². The van der Waals surface area contributed by atoms with Crippen molar-refractivity contribution in [3.05, 3.63) is 59.7 Å². The molecule has 1 aliphatic rings. The average molecular weight is 371 g/mol. The number of hydrogen-bond acceptors (Lipinski definition) is 4. The Morgan fingerprint density at radius 1 is 1.04 bits per heavy atom. The van der Waals surface area contributed by atoms with E-state index >= 15 is 0 Å².